The standard InChI is InChI=1S/C20H28N4O6S2/c1-12-10-16(31(26,27)23(5)6)11-17(13(12)2)21-20(25)18-8-7-9-24(18)32(28,29)19-14(3)22-30-15(19)4/h10-11,18H,7-9H2,1-6H3,(H,21,25)/t18-/m0/s1. The molecule has 1 aromatic heterocycles. The van der Waals surface area contributed by atoms with E-state index in [0.29, 0.717) is 29.7 Å². The Morgan fingerprint density at radius 2 is 1.81 bits per heavy atom. The van der Waals surface area contributed by atoms with Crippen LogP contribution in [0.4, 0.5) is 5.69 Å². The maximum atomic E-state index is 13.2. The van der Waals surface area contributed by atoms with E-state index in [0.717, 1.165) is 8.61 Å². The molecule has 0 spiro atoms. The van der Waals surface area contributed by atoms with Crippen molar-refractivity contribution < 1.29 is 26.2 Å². The first-order valence-corrected chi connectivity index (χ1v) is 13.0. The Balaban J connectivity index is 1.94. The summed E-state index contributed by atoms with van der Waals surface area (Å²) in [6, 6.07) is 2.02. The van der Waals surface area contributed by atoms with Gasteiger partial charge in [-0.25, -0.2) is 21.1 Å². The number of sulfonamides is 2. The molecule has 0 radical (unpaired) electrons. The van der Waals surface area contributed by atoms with Gasteiger partial charge in [0.15, 0.2) is 5.76 Å². The van der Waals surface area contributed by atoms with Gasteiger partial charge >= 0.3 is 0 Å². The number of aryl methyl sites for hydroxylation is 3. The van der Waals surface area contributed by atoms with Crippen molar-refractivity contribution in [1.82, 2.24) is 13.8 Å². The molecule has 176 valence electrons. The highest BCUT2D eigenvalue weighted by atomic mass is 32.2. The van der Waals surface area contributed by atoms with Crippen molar-refractivity contribution >= 4 is 31.6 Å². The van der Waals surface area contributed by atoms with Crippen molar-refractivity contribution in [2.75, 3.05) is 26.0 Å². The Morgan fingerprint density at radius 3 is 2.38 bits per heavy atom. The van der Waals surface area contributed by atoms with Crippen LogP contribution in [0.25, 0.3) is 0 Å². The fourth-order valence-electron chi connectivity index (χ4n) is 3.78. The summed E-state index contributed by atoms with van der Waals surface area (Å²) in [4.78, 5) is 13.2. The molecule has 3 rings (SSSR count). The van der Waals surface area contributed by atoms with Crippen molar-refractivity contribution in [1.29, 1.82) is 0 Å². The molecule has 2 heterocycles. The molecule has 1 aromatic carbocycles. The highest BCUT2D eigenvalue weighted by Crippen LogP contribution is 2.31. The summed E-state index contributed by atoms with van der Waals surface area (Å²) in [5, 5.41) is 6.47. The molecule has 2 aromatic rings. The first-order chi connectivity index (χ1) is 14.8. The molecular weight excluding hydrogens is 456 g/mol. The number of amides is 1. The van der Waals surface area contributed by atoms with Crippen LogP contribution in [0.2, 0.25) is 0 Å². The number of carbonyl (C=O) groups is 1. The number of nitrogens with one attached hydrogen (secondary N) is 1. The second kappa shape index (κ2) is 8.58. The number of carbonyl (C=O) groups excluding carboxylic acids is 1. The van der Waals surface area contributed by atoms with Crippen LogP contribution >= 0.6 is 0 Å². The summed E-state index contributed by atoms with van der Waals surface area (Å²) in [7, 11) is -4.84. The Labute approximate surface area is 188 Å². The summed E-state index contributed by atoms with van der Waals surface area (Å²) >= 11 is 0. The predicted molar refractivity (Wildman–Crippen MR) is 118 cm³/mol. The average molecular weight is 485 g/mol. The van der Waals surface area contributed by atoms with E-state index in [2.05, 4.69) is 10.5 Å². The first kappa shape index (κ1) is 24.4. The number of hydrogen-bond donors (Lipinski definition) is 1. The maximum Gasteiger partial charge on any atom is 0.249 e. The Bertz CT molecular complexity index is 1250. The highest BCUT2D eigenvalue weighted by molar-refractivity contribution is 7.89. The van der Waals surface area contributed by atoms with Crippen LogP contribution in [-0.4, -0.2) is 63.2 Å². The monoisotopic (exact) mass is 484 g/mol. The molecule has 0 unspecified atom stereocenters. The van der Waals surface area contributed by atoms with Crippen molar-refractivity contribution in [2.24, 2.45) is 0 Å². The zero-order valence-corrected chi connectivity index (χ0v) is 20.6. The molecule has 1 aliphatic heterocycles. The van der Waals surface area contributed by atoms with Crippen molar-refractivity contribution in [3.63, 3.8) is 0 Å². The SMILES string of the molecule is Cc1cc(S(=O)(=O)N(C)C)cc(NC(=O)[C@@H]2CCCN2S(=O)(=O)c2c(C)noc2C)c1C. The summed E-state index contributed by atoms with van der Waals surface area (Å²) in [6.45, 7) is 6.77. The van der Waals surface area contributed by atoms with E-state index in [1.807, 2.05) is 0 Å². The van der Waals surface area contributed by atoms with E-state index in [9.17, 15) is 21.6 Å². The lowest BCUT2D eigenvalue weighted by Gasteiger charge is -2.24. The van der Waals surface area contributed by atoms with Gasteiger partial charge in [-0.2, -0.15) is 4.31 Å². The molecule has 1 saturated heterocycles. The van der Waals surface area contributed by atoms with Gasteiger partial charge in [-0.05, 0) is 63.8 Å². The fourth-order valence-corrected chi connectivity index (χ4v) is 6.75. The van der Waals surface area contributed by atoms with Crippen molar-refractivity contribution in [3.8, 4) is 0 Å². The molecule has 0 bridgehead atoms. The number of aromatic nitrogens is 1. The van der Waals surface area contributed by atoms with E-state index in [4.69, 9.17) is 4.52 Å². The van der Waals surface area contributed by atoms with Gasteiger partial charge in [-0.3, -0.25) is 4.79 Å². The molecule has 0 aliphatic carbocycles. The molecule has 1 amide bonds. The van der Waals surface area contributed by atoms with Crippen LogP contribution in [0.15, 0.2) is 26.4 Å². The van der Waals surface area contributed by atoms with E-state index in [1.54, 1.807) is 19.9 Å². The zero-order valence-electron chi connectivity index (χ0n) is 19.0. The minimum atomic E-state index is -3.99. The van der Waals surface area contributed by atoms with E-state index >= 15 is 0 Å². The maximum absolute atomic E-state index is 13.2. The van der Waals surface area contributed by atoms with Crippen LogP contribution in [0.5, 0.6) is 0 Å². The van der Waals surface area contributed by atoms with Gasteiger partial charge in [-0.15, -0.1) is 0 Å². The van der Waals surface area contributed by atoms with Gasteiger partial charge in [0.25, 0.3) is 0 Å². The number of nitrogens with zero attached hydrogens (tertiary/aromatic N) is 3. The molecule has 10 nitrogen and oxygen atoms in total. The molecule has 32 heavy (non-hydrogen) atoms. The summed E-state index contributed by atoms with van der Waals surface area (Å²) in [6.07, 6.45) is 0.871. The van der Waals surface area contributed by atoms with E-state index in [1.165, 1.54) is 34.0 Å². The number of benzene rings is 1. The van der Waals surface area contributed by atoms with Crippen LogP contribution in [-0.2, 0) is 24.8 Å². The van der Waals surface area contributed by atoms with Gasteiger partial charge in [-0.1, -0.05) is 5.16 Å². The van der Waals surface area contributed by atoms with Gasteiger partial charge in [0.05, 0.1) is 4.90 Å². The van der Waals surface area contributed by atoms with Crippen LogP contribution in [0.1, 0.15) is 35.4 Å². The van der Waals surface area contributed by atoms with Gasteiger partial charge in [0.2, 0.25) is 26.0 Å². The first-order valence-electron chi connectivity index (χ1n) is 10.1. The van der Waals surface area contributed by atoms with Crippen LogP contribution < -0.4 is 5.32 Å². The van der Waals surface area contributed by atoms with Crippen molar-refractivity contribution in [2.45, 2.75) is 56.4 Å². The zero-order chi connectivity index (χ0) is 24.0. The number of anilines is 1. The molecular formula is C20H28N4O6S2. The van der Waals surface area contributed by atoms with E-state index < -0.39 is 32.0 Å². The van der Waals surface area contributed by atoms with Gasteiger partial charge < -0.3 is 9.84 Å². The lowest BCUT2D eigenvalue weighted by molar-refractivity contribution is -0.119. The third-order valence-electron chi connectivity index (χ3n) is 5.72. The second-order valence-electron chi connectivity index (χ2n) is 8.12. The normalized spacial score (nSPS) is 17.8. The summed E-state index contributed by atoms with van der Waals surface area (Å²) in [5.74, 6) is -0.346. The quantitative estimate of drug-likeness (QED) is 0.663. The Kier molecular flexibility index (Phi) is 6.53. The lowest BCUT2D eigenvalue weighted by atomic mass is 10.1. The summed E-state index contributed by atoms with van der Waals surface area (Å²) in [5.41, 5.74) is 1.96. The van der Waals surface area contributed by atoms with Crippen molar-refractivity contribution in [3.05, 3.63) is 34.7 Å². The third-order valence-corrected chi connectivity index (χ3v) is 9.66. The topological polar surface area (TPSA) is 130 Å². The molecule has 1 N–H and O–H groups in total. The van der Waals surface area contributed by atoms with Crippen LogP contribution in [0.3, 0.4) is 0 Å². The molecule has 1 aliphatic rings. The highest BCUT2D eigenvalue weighted by Gasteiger charge is 2.42. The predicted octanol–water partition coefficient (Wildman–Crippen LogP) is 1.95. The largest absolute Gasteiger partial charge is 0.360 e. The lowest BCUT2D eigenvalue weighted by Crippen LogP contribution is -2.43. The fraction of sp³-hybridized carbons (Fsp3) is 0.500. The van der Waals surface area contributed by atoms with Gasteiger partial charge in [0, 0.05) is 26.3 Å². The Hall–Kier alpha value is -2.28. The number of rotatable bonds is 6. The number of hydrogen-bond acceptors (Lipinski definition) is 7. The minimum absolute atomic E-state index is 0.0247. The third kappa shape index (κ3) is 4.19. The second-order valence-corrected chi connectivity index (χ2v) is 12.1. The summed E-state index contributed by atoms with van der Waals surface area (Å²) < 4.78 is 58.9. The minimum Gasteiger partial charge on any atom is -0.360 e. The Morgan fingerprint density at radius 1 is 1.16 bits per heavy atom. The van der Waals surface area contributed by atoms with E-state index in [-0.39, 0.29) is 27.8 Å². The molecule has 1 atom stereocenters. The molecule has 0 saturated carbocycles. The smallest absolute Gasteiger partial charge is 0.249 e. The van der Waals surface area contributed by atoms with Crippen LogP contribution in [0, 0.1) is 27.7 Å². The molecule has 1 fully saturated rings. The van der Waals surface area contributed by atoms with Gasteiger partial charge in [0.1, 0.15) is 16.6 Å². The average Bonchev–Trinajstić information content (AvgIpc) is 3.32. The molecule has 12 heteroatoms.